The van der Waals surface area contributed by atoms with Crippen LogP contribution in [-0.4, -0.2) is 24.5 Å². The molecule has 1 heterocycles. The number of nitrogens with zero attached hydrogens (tertiary/aromatic N) is 1. The van der Waals surface area contributed by atoms with Crippen molar-refractivity contribution in [3.05, 3.63) is 35.6 Å². The number of halogens is 2. The zero-order chi connectivity index (χ0) is 12.3. The molecule has 2 rings (SSSR count). The van der Waals surface area contributed by atoms with E-state index in [1.165, 1.54) is 12.0 Å². The van der Waals surface area contributed by atoms with Crippen LogP contribution in [0.4, 0.5) is 4.39 Å². The Morgan fingerprint density at radius 1 is 1.39 bits per heavy atom. The fourth-order valence-electron chi connectivity index (χ4n) is 2.73. The lowest BCUT2D eigenvalue weighted by atomic mass is 10.0. The van der Waals surface area contributed by atoms with Crippen molar-refractivity contribution in [1.82, 2.24) is 4.90 Å². The van der Waals surface area contributed by atoms with E-state index in [2.05, 4.69) is 11.8 Å². The van der Waals surface area contributed by atoms with E-state index in [9.17, 15) is 4.39 Å². The van der Waals surface area contributed by atoms with Crippen LogP contribution < -0.4 is 5.73 Å². The Balaban J connectivity index is 0.00000162. The van der Waals surface area contributed by atoms with Crippen molar-refractivity contribution in [3.8, 4) is 0 Å². The van der Waals surface area contributed by atoms with Gasteiger partial charge >= 0.3 is 0 Å². The number of nitrogens with two attached hydrogens (primary N) is 1. The van der Waals surface area contributed by atoms with Crippen LogP contribution in [0, 0.1) is 11.7 Å². The molecule has 1 aromatic carbocycles. The Bertz CT molecular complexity index is 355. The molecule has 0 radical (unpaired) electrons. The van der Waals surface area contributed by atoms with E-state index < -0.39 is 0 Å². The van der Waals surface area contributed by atoms with E-state index in [0.717, 1.165) is 26.1 Å². The number of hydrogen-bond donors (Lipinski definition) is 1. The third-order valence-corrected chi connectivity index (χ3v) is 3.73. The Kier molecular flexibility index (Phi) is 6.06. The zero-order valence-corrected chi connectivity index (χ0v) is 11.6. The second kappa shape index (κ2) is 7.07. The van der Waals surface area contributed by atoms with Gasteiger partial charge in [0, 0.05) is 12.6 Å². The highest BCUT2D eigenvalue weighted by molar-refractivity contribution is 5.85. The maximum atomic E-state index is 12.9. The topological polar surface area (TPSA) is 29.3 Å². The fraction of sp³-hybridized carbons (Fsp3) is 0.571. The summed E-state index contributed by atoms with van der Waals surface area (Å²) in [6, 6.07) is 7.31. The smallest absolute Gasteiger partial charge is 0.123 e. The first-order valence-corrected chi connectivity index (χ1v) is 6.44. The summed E-state index contributed by atoms with van der Waals surface area (Å²) in [5, 5.41) is 0. The minimum absolute atomic E-state index is 0. The highest BCUT2D eigenvalue weighted by Gasteiger charge is 2.27. The molecule has 0 amide bonds. The van der Waals surface area contributed by atoms with E-state index >= 15 is 0 Å². The molecule has 0 bridgehead atoms. The molecule has 4 heteroatoms. The molecule has 1 aromatic rings. The van der Waals surface area contributed by atoms with Gasteiger partial charge < -0.3 is 5.73 Å². The molecule has 2 atom stereocenters. The average Bonchev–Trinajstić information content (AvgIpc) is 2.81. The highest BCUT2D eigenvalue weighted by Crippen LogP contribution is 2.29. The largest absolute Gasteiger partial charge is 0.330 e. The predicted octanol–water partition coefficient (Wildman–Crippen LogP) is 2.98. The molecule has 102 valence electrons. The maximum Gasteiger partial charge on any atom is 0.123 e. The van der Waals surface area contributed by atoms with Crippen molar-refractivity contribution in [3.63, 3.8) is 0 Å². The van der Waals surface area contributed by atoms with Gasteiger partial charge in [-0.3, -0.25) is 4.90 Å². The first-order chi connectivity index (χ1) is 8.24. The van der Waals surface area contributed by atoms with Gasteiger partial charge in [0.25, 0.3) is 0 Å². The molecular formula is C14H22ClFN2. The van der Waals surface area contributed by atoms with Gasteiger partial charge in [-0.05, 0) is 49.5 Å². The maximum absolute atomic E-state index is 12.9. The Morgan fingerprint density at radius 2 is 2.06 bits per heavy atom. The SMILES string of the molecule is CCC(c1ccc(F)cc1)N1CCC(CN)C1.Cl. The molecule has 2 nitrogen and oxygen atoms in total. The quantitative estimate of drug-likeness (QED) is 0.913. The fourth-order valence-corrected chi connectivity index (χ4v) is 2.73. The summed E-state index contributed by atoms with van der Waals surface area (Å²) in [5.74, 6) is 0.467. The van der Waals surface area contributed by atoms with Gasteiger partial charge in [0.2, 0.25) is 0 Å². The van der Waals surface area contributed by atoms with Crippen LogP contribution in [0.1, 0.15) is 31.4 Å². The van der Waals surface area contributed by atoms with Crippen molar-refractivity contribution in [2.45, 2.75) is 25.8 Å². The van der Waals surface area contributed by atoms with Crippen LogP contribution in [0.3, 0.4) is 0 Å². The second-order valence-corrected chi connectivity index (χ2v) is 4.86. The van der Waals surface area contributed by atoms with E-state index in [1.807, 2.05) is 12.1 Å². The van der Waals surface area contributed by atoms with E-state index in [1.54, 1.807) is 12.1 Å². The van der Waals surface area contributed by atoms with Crippen molar-refractivity contribution in [2.75, 3.05) is 19.6 Å². The zero-order valence-electron chi connectivity index (χ0n) is 10.8. The summed E-state index contributed by atoms with van der Waals surface area (Å²) in [7, 11) is 0. The van der Waals surface area contributed by atoms with Gasteiger partial charge in [-0.2, -0.15) is 0 Å². The lowest BCUT2D eigenvalue weighted by Gasteiger charge is -2.27. The first kappa shape index (κ1) is 15.4. The summed E-state index contributed by atoms with van der Waals surface area (Å²) in [5.41, 5.74) is 6.93. The number of rotatable bonds is 4. The molecule has 0 aromatic heterocycles. The van der Waals surface area contributed by atoms with Gasteiger partial charge in [-0.15, -0.1) is 12.4 Å². The lowest BCUT2D eigenvalue weighted by Crippen LogP contribution is -2.27. The number of likely N-dealkylation sites (tertiary alicyclic amines) is 1. The third-order valence-electron chi connectivity index (χ3n) is 3.73. The van der Waals surface area contributed by atoms with Crippen molar-refractivity contribution >= 4 is 12.4 Å². The molecule has 18 heavy (non-hydrogen) atoms. The van der Waals surface area contributed by atoms with Crippen LogP contribution >= 0.6 is 12.4 Å². The molecule has 1 saturated heterocycles. The minimum Gasteiger partial charge on any atom is -0.330 e. The standard InChI is InChI=1S/C14H21FN2.ClH/c1-2-14(12-3-5-13(15)6-4-12)17-8-7-11(9-16)10-17;/h3-6,11,14H,2,7-10,16H2,1H3;1H. The summed E-state index contributed by atoms with van der Waals surface area (Å²) >= 11 is 0. The lowest BCUT2D eigenvalue weighted by molar-refractivity contribution is 0.231. The molecule has 0 saturated carbocycles. The Hall–Kier alpha value is -0.640. The first-order valence-electron chi connectivity index (χ1n) is 6.44. The van der Waals surface area contributed by atoms with Crippen LogP contribution in [0.15, 0.2) is 24.3 Å². The Labute approximate surface area is 115 Å². The minimum atomic E-state index is -0.162. The third kappa shape index (κ3) is 3.44. The van der Waals surface area contributed by atoms with Gasteiger partial charge in [0.05, 0.1) is 0 Å². The molecule has 0 spiro atoms. The Morgan fingerprint density at radius 3 is 2.56 bits per heavy atom. The van der Waals surface area contributed by atoms with Crippen molar-refractivity contribution in [2.24, 2.45) is 11.7 Å². The predicted molar refractivity (Wildman–Crippen MR) is 75.4 cm³/mol. The van der Waals surface area contributed by atoms with Gasteiger partial charge in [0.15, 0.2) is 0 Å². The van der Waals surface area contributed by atoms with Crippen LogP contribution in [0.2, 0.25) is 0 Å². The summed E-state index contributed by atoms with van der Waals surface area (Å²) in [6.45, 7) is 5.14. The van der Waals surface area contributed by atoms with E-state index in [-0.39, 0.29) is 18.2 Å². The summed E-state index contributed by atoms with van der Waals surface area (Å²) < 4.78 is 12.9. The van der Waals surface area contributed by atoms with Crippen LogP contribution in [0.25, 0.3) is 0 Å². The molecule has 2 unspecified atom stereocenters. The van der Waals surface area contributed by atoms with Gasteiger partial charge in [-0.25, -0.2) is 4.39 Å². The number of hydrogen-bond acceptors (Lipinski definition) is 2. The molecule has 0 aliphatic carbocycles. The molecule has 1 fully saturated rings. The molecule has 1 aliphatic rings. The molecular weight excluding hydrogens is 251 g/mol. The highest BCUT2D eigenvalue weighted by atomic mass is 35.5. The van der Waals surface area contributed by atoms with Crippen molar-refractivity contribution < 1.29 is 4.39 Å². The number of benzene rings is 1. The summed E-state index contributed by atoms with van der Waals surface area (Å²) in [4.78, 5) is 2.48. The van der Waals surface area contributed by atoms with Gasteiger partial charge in [0.1, 0.15) is 5.82 Å². The van der Waals surface area contributed by atoms with Crippen molar-refractivity contribution in [1.29, 1.82) is 0 Å². The normalized spacial score (nSPS) is 21.6. The van der Waals surface area contributed by atoms with E-state index in [4.69, 9.17) is 5.73 Å². The molecule has 2 N–H and O–H groups in total. The molecule has 1 aliphatic heterocycles. The van der Waals surface area contributed by atoms with E-state index in [0.29, 0.717) is 12.0 Å². The second-order valence-electron chi connectivity index (χ2n) is 4.86. The van der Waals surface area contributed by atoms with Crippen LogP contribution in [-0.2, 0) is 0 Å². The summed E-state index contributed by atoms with van der Waals surface area (Å²) in [6.07, 6.45) is 2.25. The van der Waals surface area contributed by atoms with Crippen LogP contribution in [0.5, 0.6) is 0 Å². The monoisotopic (exact) mass is 272 g/mol. The van der Waals surface area contributed by atoms with Gasteiger partial charge in [-0.1, -0.05) is 19.1 Å². The average molecular weight is 273 g/mol.